The molecule has 100 valence electrons. The summed E-state index contributed by atoms with van der Waals surface area (Å²) >= 11 is 5.22. The molecule has 0 amide bonds. The Morgan fingerprint density at radius 1 is 1.17 bits per heavy atom. The van der Waals surface area contributed by atoms with E-state index in [0.29, 0.717) is 11.7 Å². The van der Waals surface area contributed by atoms with Crippen molar-refractivity contribution in [3.8, 4) is 5.75 Å². The monoisotopic (exact) mass is 266 g/mol. The Kier molecular flexibility index (Phi) is 7.18. The fourth-order valence-electron chi connectivity index (χ4n) is 1.55. The topological polar surface area (TPSA) is 33.3 Å². The van der Waals surface area contributed by atoms with Gasteiger partial charge in [0.1, 0.15) is 5.75 Å². The van der Waals surface area contributed by atoms with Crippen LogP contribution >= 0.6 is 12.2 Å². The summed E-state index contributed by atoms with van der Waals surface area (Å²) in [6, 6.07) is 7.80. The summed E-state index contributed by atoms with van der Waals surface area (Å²) in [6.45, 7) is 5.78. The number of nitrogens with one attached hydrogen (secondary N) is 2. The second-order valence-corrected chi connectivity index (χ2v) is 4.45. The van der Waals surface area contributed by atoms with E-state index in [9.17, 15) is 0 Å². The van der Waals surface area contributed by atoms with Crippen LogP contribution in [0.1, 0.15) is 33.1 Å². The molecule has 0 saturated carbocycles. The fourth-order valence-corrected chi connectivity index (χ4v) is 1.77. The maximum Gasteiger partial charge on any atom is 0.170 e. The molecule has 3 nitrogen and oxygen atoms in total. The molecule has 0 aliphatic heterocycles. The smallest absolute Gasteiger partial charge is 0.170 e. The van der Waals surface area contributed by atoms with E-state index in [-0.39, 0.29) is 0 Å². The van der Waals surface area contributed by atoms with Crippen molar-refractivity contribution in [2.75, 3.05) is 18.5 Å². The normalized spacial score (nSPS) is 9.89. The molecule has 0 aromatic heterocycles. The van der Waals surface area contributed by atoms with Crippen molar-refractivity contribution in [2.45, 2.75) is 33.1 Å². The van der Waals surface area contributed by atoms with Gasteiger partial charge in [0.25, 0.3) is 0 Å². The maximum absolute atomic E-state index is 5.38. The molecule has 0 saturated heterocycles. The second kappa shape index (κ2) is 8.75. The lowest BCUT2D eigenvalue weighted by atomic mass is 10.2. The highest BCUT2D eigenvalue weighted by atomic mass is 32.1. The van der Waals surface area contributed by atoms with Crippen LogP contribution < -0.4 is 15.4 Å². The summed E-state index contributed by atoms with van der Waals surface area (Å²) in [5.41, 5.74) is 0.978. The number of unbranched alkanes of at least 4 members (excludes halogenated alkanes) is 2. The molecule has 0 aliphatic rings. The highest BCUT2D eigenvalue weighted by Crippen LogP contribution is 2.15. The third-order valence-electron chi connectivity index (χ3n) is 2.49. The number of ether oxygens (including phenoxy) is 1. The van der Waals surface area contributed by atoms with Gasteiger partial charge in [0.15, 0.2) is 5.11 Å². The molecule has 0 heterocycles. The van der Waals surface area contributed by atoms with Gasteiger partial charge in [0.05, 0.1) is 6.61 Å². The third kappa shape index (κ3) is 5.87. The number of benzene rings is 1. The van der Waals surface area contributed by atoms with Gasteiger partial charge in [-0.15, -0.1) is 0 Å². The van der Waals surface area contributed by atoms with E-state index in [1.54, 1.807) is 0 Å². The van der Waals surface area contributed by atoms with Crippen LogP contribution in [0.2, 0.25) is 0 Å². The van der Waals surface area contributed by atoms with Crippen LogP contribution in [-0.2, 0) is 0 Å². The molecule has 0 aliphatic carbocycles. The fraction of sp³-hybridized carbons (Fsp3) is 0.500. The van der Waals surface area contributed by atoms with E-state index >= 15 is 0 Å². The van der Waals surface area contributed by atoms with Crippen LogP contribution in [0, 0.1) is 0 Å². The minimum Gasteiger partial charge on any atom is -0.494 e. The van der Waals surface area contributed by atoms with Gasteiger partial charge >= 0.3 is 0 Å². The zero-order chi connectivity index (χ0) is 13.2. The molecule has 1 aromatic rings. The predicted octanol–water partition coefficient (Wildman–Crippen LogP) is 3.56. The molecule has 0 bridgehead atoms. The highest BCUT2D eigenvalue weighted by molar-refractivity contribution is 7.80. The summed E-state index contributed by atoms with van der Waals surface area (Å²) in [5, 5.41) is 7.02. The average molecular weight is 266 g/mol. The van der Waals surface area contributed by atoms with Crippen LogP contribution in [0.5, 0.6) is 5.75 Å². The van der Waals surface area contributed by atoms with E-state index in [1.165, 1.54) is 12.8 Å². The minimum absolute atomic E-state index is 0.676. The van der Waals surface area contributed by atoms with Crippen molar-refractivity contribution >= 4 is 23.0 Å². The van der Waals surface area contributed by atoms with Gasteiger partial charge in [0, 0.05) is 12.2 Å². The summed E-state index contributed by atoms with van der Waals surface area (Å²) in [6.07, 6.45) is 3.61. The van der Waals surface area contributed by atoms with Gasteiger partial charge in [-0.25, -0.2) is 0 Å². The Bertz CT molecular complexity index is 351. The van der Waals surface area contributed by atoms with E-state index in [4.69, 9.17) is 17.0 Å². The van der Waals surface area contributed by atoms with Crippen molar-refractivity contribution < 1.29 is 4.74 Å². The number of hydrogen-bond donors (Lipinski definition) is 2. The molecule has 0 radical (unpaired) electrons. The Morgan fingerprint density at radius 2 is 1.89 bits per heavy atom. The summed E-state index contributed by atoms with van der Waals surface area (Å²) in [7, 11) is 0. The molecule has 1 aromatic carbocycles. The zero-order valence-electron chi connectivity index (χ0n) is 11.2. The van der Waals surface area contributed by atoms with E-state index in [0.717, 1.165) is 24.4 Å². The molecule has 18 heavy (non-hydrogen) atoms. The van der Waals surface area contributed by atoms with Crippen molar-refractivity contribution in [1.29, 1.82) is 0 Å². The van der Waals surface area contributed by atoms with Gasteiger partial charge in [-0.3, -0.25) is 0 Å². The molecular formula is C14H22N2OS. The summed E-state index contributed by atoms with van der Waals surface area (Å²) in [5.74, 6) is 0.880. The van der Waals surface area contributed by atoms with Crippen LogP contribution in [0.15, 0.2) is 24.3 Å². The number of thiocarbonyl (C=S) groups is 1. The molecule has 0 spiro atoms. The van der Waals surface area contributed by atoms with E-state index < -0.39 is 0 Å². The van der Waals surface area contributed by atoms with E-state index in [1.807, 2.05) is 31.2 Å². The zero-order valence-corrected chi connectivity index (χ0v) is 12.0. The summed E-state index contributed by atoms with van der Waals surface area (Å²) < 4.78 is 5.38. The predicted molar refractivity (Wildman–Crippen MR) is 81.4 cm³/mol. The lowest BCUT2D eigenvalue weighted by Crippen LogP contribution is -2.29. The Balaban J connectivity index is 2.30. The first-order chi connectivity index (χ1) is 8.76. The van der Waals surface area contributed by atoms with Crippen molar-refractivity contribution in [3.63, 3.8) is 0 Å². The van der Waals surface area contributed by atoms with Gasteiger partial charge in [0.2, 0.25) is 0 Å². The van der Waals surface area contributed by atoms with Crippen LogP contribution in [0.4, 0.5) is 5.69 Å². The molecule has 0 atom stereocenters. The van der Waals surface area contributed by atoms with Crippen molar-refractivity contribution in [3.05, 3.63) is 24.3 Å². The Morgan fingerprint density at radius 3 is 2.50 bits per heavy atom. The van der Waals surface area contributed by atoms with Crippen molar-refractivity contribution in [1.82, 2.24) is 5.32 Å². The molecular weight excluding hydrogens is 244 g/mol. The quantitative estimate of drug-likeness (QED) is 0.584. The molecule has 0 unspecified atom stereocenters. The summed E-state index contributed by atoms with van der Waals surface area (Å²) in [4.78, 5) is 0. The highest BCUT2D eigenvalue weighted by Gasteiger charge is 1.98. The van der Waals surface area contributed by atoms with Gasteiger partial charge in [-0.1, -0.05) is 19.8 Å². The Hall–Kier alpha value is -1.29. The molecule has 1 rings (SSSR count). The van der Waals surface area contributed by atoms with Gasteiger partial charge < -0.3 is 15.4 Å². The molecule has 4 heteroatoms. The first kappa shape index (κ1) is 14.8. The first-order valence-electron chi connectivity index (χ1n) is 6.54. The Labute approximate surface area is 115 Å². The first-order valence-corrected chi connectivity index (χ1v) is 6.94. The number of hydrogen-bond acceptors (Lipinski definition) is 2. The minimum atomic E-state index is 0.676. The van der Waals surface area contributed by atoms with Crippen LogP contribution in [-0.4, -0.2) is 18.3 Å². The third-order valence-corrected chi connectivity index (χ3v) is 2.74. The van der Waals surface area contributed by atoms with Crippen LogP contribution in [0.25, 0.3) is 0 Å². The van der Waals surface area contributed by atoms with Gasteiger partial charge in [-0.2, -0.15) is 0 Å². The van der Waals surface area contributed by atoms with E-state index in [2.05, 4.69) is 17.6 Å². The maximum atomic E-state index is 5.38. The largest absolute Gasteiger partial charge is 0.494 e. The number of rotatable bonds is 7. The van der Waals surface area contributed by atoms with Crippen molar-refractivity contribution in [2.24, 2.45) is 0 Å². The molecule has 2 N–H and O–H groups in total. The van der Waals surface area contributed by atoms with Crippen LogP contribution in [0.3, 0.4) is 0 Å². The molecule has 0 fully saturated rings. The van der Waals surface area contributed by atoms with Gasteiger partial charge in [-0.05, 0) is 49.8 Å². The standard InChI is InChI=1S/C14H22N2OS/c1-3-5-6-11-15-14(18)16-12-7-9-13(10-8-12)17-4-2/h7-10H,3-6,11H2,1-2H3,(H2,15,16,18). The second-order valence-electron chi connectivity index (χ2n) is 4.05. The average Bonchev–Trinajstić information content (AvgIpc) is 2.37. The lowest BCUT2D eigenvalue weighted by molar-refractivity contribution is 0.340. The lowest BCUT2D eigenvalue weighted by Gasteiger charge is -2.11. The SMILES string of the molecule is CCCCCNC(=S)Nc1ccc(OCC)cc1. The number of anilines is 1.